The molecule has 0 spiro atoms. The van der Waals surface area contributed by atoms with Crippen molar-refractivity contribution in [1.29, 1.82) is 0 Å². The van der Waals surface area contributed by atoms with Gasteiger partial charge in [0.1, 0.15) is 11.6 Å². The van der Waals surface area contributed by atoms with Crippen LogP contribution in [0, 0.1) is 6.92 Å². The topological polar surface area (TPSA) is 70.5 Å². The van der Waals surface area contributed by atoms with Crippen molar-refractivity contribution < 1.29 is 17.9 Å². The number of alkyl halides is 3. The van der Waals surface area contributed by atoms with Crippen molar-refractivity contribution in [2.45, 2.75) is 13.1 Å². The third kappa shape index (κ3) is 5.14. The zero-order valence-electron chi connectivity index (χ0n) is 19.4. The van der Waals surface area contributed by atoms with Crippen LogP contribution in [0.25, 0.3) is 11.3 Å². The number of hydrogen-bond acceptors (Lipinski definition) is 8. The summed E-state index contributed by atoms with van der Waals surface area (Å²) in [5.41, 5.74) is 1.91. The van der Waals surface area contributed by atoms with Crippen molar-refractivity contribution in [3.05, 3.63) is 54.0 Å². The summed E-state index contributed by atoms with van der Waals surface area (Å²) in [7, 11) is 0. The molecule has 8 nitrogen and oxygen atoms in total. The van der Waals surface area contributed by atoms with Crippen LogP contribution in [-0.4, -0.2) is 72.4 Å². The van der Waals surface area contributed by atoms with E-state index in [0.29, 0.717) is 58.4 Å². The zero-order chi connectivity index (χ0) is 24.4. The number of piperazine rings is 1. The molecule has 0 N–H and O–H groups in total. The van der Waals surface area contributed by atoms with E-state index in [2.05, 4.69) is 19.8 Å². The SMILES string of the molecule is Cc1cc(-c2cc(N3CCN(c4ncccc4C(F)(F)F)CC3)nc(N3CCOCC3)n2)ccn1. The molecular formula is C24H26F3N7O. The van der Waals surface area contributed by atoms with Crippen molar-refractivity contribution in [3.8, 4) is 11.3 Å². The smallest absolute Gasteiger partial charge is 0.378 e. The highest BCUT2D eigenvalue weighted by atomic mass is 19.4. The molecule has 0 amide bonds. The second kappa shape index (κ2) is 9.65. The first kappa shape index (κ1) is 23.3. The van der Waals surface area contributed by atoms with E-state index in [9.17, 15) is 13.2 Å². The normalized spacial score (nSPS) is 17.1. The van der Waals surface area contributed by atoms with Crippen LogP contribution in [0.4, 0.5) is 30.8 Å². The maximum atomic E-state index is 13.5. The number of morpholine rings is 1. The van der Waals surface area contributed by atoms with Gasteiger partial charge in [0.05, 0.1) is 24.5 Å². The highest BCUT2D eigenvalue weighted by molar-refractivity contribution is 5.65. The number of halogens is 3. The Labute approximate surface area is 201 Å². The summed E-state index contributed by atoms with van der Waals surface area (Å²) in [6, 6.07) is 8.23. The van der Waals surface area contributed by atoms with Gasteiger partial charge in [0.25, 0.3) is 0 Å². The molecule has 5 rings (SSSR count). The maximum Gasteiger partial charge on any atom is 0.419 e. The zero-order valence-corrected chi connectivity index (χ0v) is 19.4. The Hall–Kier alpha value is -3.47. The molecule has 5 heterocycles. The van der Waals surface area contributed by atoms with Gasteiger partial charge in [-0.25, -0.2) is 9.97 Å². The number of nitrogens with zero attached hydrogens (tertiary/aromatic N) is 7. The molecule has 0 saturated carbocycles. The molecule has 11 heteroatoms. The molecule has 0 aromatic carbocycles. The van der Waals surface area contributed by atoms with Gasteiger partial charge >= 0.3 is 6.18 Å². The number of aryl methyl sites for hydroxylation is 1. The van der Waals surface area contributed by atoms with Crippen LogP contribution >= 0.6 is 0 Å². The fourth-order valence-corrected chi connectivity index (χ4v) is 4.36. The Balaban J connectivity index is 1.42. The monoisotopic (exact) mass is 485 g/mol. The molecular weight excluding hydrogens is 459 g/mol. The van der Waals surface area contributed by atoms with Gasteiger partial charge in [-0.15, -0.1) is 0 Å². The Morgan fingerprint density at radius 3 is 2.29 bits per heavy atom. The fourth-order valence-electron chi connectivity index (χ4n) is 4.36. The molecule has 184 valence electrons. The summed E-state index contributed by atoms with van der Waals surface area (Å²) in [6.45, 7) is 6.40. The third-order valence-electron chi connectivity index (χ3n) is 6.18. The van der Waals surface area contributed by atoms with Crippen molar-refractivity contribution in [1.82, 2.24) is 19.9 Å². The van der Waals surface area contributed by atoms with E-state index < -0.39 is 11.7 Å². The Bertz CT molecular complexity index is 1180. The van der Waals surface area contributed by atoms with Gasteiger partial charge in [-0.2, -0.15) is 18.2 Å². The molecule has 0 unspecified atom stereocenters. The lowest BCUT2D eigenvalue weighted by Crippen LogP contribution is -2.48. The lowest BCUT2D eigenvalue weighted by Gasteiger charge is -2.37. The van der Waals surface area contributed by atoms with Crippen LogP contribution in [0.3, 0.4) is 0 Å². The van der Waals surface area contributed by atoms with Crippen LogP contribution in [-0.2, 0) is 10.9 Å². The molecule has 0 atom stereocenters. The van der Waals surface area contributed by atoms with E-state index in [1.54, 1.807) is 11.1 Å². The average Bonchev–Trinajstić information content (AvgIpc) is 2.88. The van der Waals surface area contributed by atoms with Crippen molar-refractivity contribution in [3.63, 3.8) is 0 Å². The van der Waals surface area contributed by atoms with Gasteiger partial charge in [0.2, 0.25) is 5.95 Å². The first-order valence-electron chi connectivity index (χ1n) is 11.6. The van der Waals surface area contributed by atoms with Crippen LogP contribution in [0.1, 0.15) is 11.3 Å². The molecule has 2 aliphatic rings. The third-order valence-corrected chi connectivity index (χ3v) is 6.18. The fraction of sp³-hybridized carbons (Fsp3) is 0.417. The molecule has 3 aromatic heterocycles. The number of pyridine rings is 2. The van der Waals surface area contributed by atoms with Gasteiger partial charge in [-0.3, -0.25) is 4.98 Å². The number of rotatable bonds is 4. The lowest BCUT2D eigenvalue weighted by atomic mass is 10.1. The minimum absolute atomic E-state index is 0.0238. The maximum absolute atomic E-state index is 13.5. The summed E-state index contributed by atoms with van der Waals surface area (Å²) < 4.78 is 45.9. The minimum atomic E-state index is -4.45. The predicted octanol–water partition coefficient (Wildman–Crippen LogP) is 3.42. The summed E-state index contributed by atoms with van der Waals surface area (Å²) in [6.07, 6.45) is -1.29. The van der Waals surface area contributed by atoms with E-state index in [1.165, 1.54) is 12.3 Å². The first-order chi connectivity index (χ1) is 16.9. The second-order valence-electron chi connectivity index (χ2n) is 8.54. The number of anilines is 3. The molecule has 2 fully saturated rings. The van der Waals surface area contributed by atoms with Gasteiger partial charge in [0, 0.05) is 69.0 Å². The highest BCUT2D eigenvalue weighted by Gasteiger charge is 2.36. The lowest BCUT2D eigenvalue weighted by molar-refractivity contribution is -0.137. The van der Waals surface area contributed by atoms with E-state index in [0.717, 1.165) is 28.8 Å². The van der Waals surface area contributed by atoms with Gasteiger partial charge in [-0.1, -0.05) is 0 Å². The molecule has 2 saturated heterocycles. The Morgan fingerprint density at radius 2 is 1.57 bits per heavy atom. The molecule has 0 aliphatic carbocycles. The summed E-state index contributed by atoms with van der Waals surface area (Å²) >= 11 is 0. The number of hydrogen-bond donors (Lipinski definition) is 0. The molecule has 3 aromatic rings. The van der Waals surface area contributed by atoms with Gasteiger partial charge < -0.3 is 19.4 Å². The van der Waals surface area contributed by atoms with Crippen LogP contribution in [0.15, 0.2) is 42.7 Å². The van der Waals surface area contributed by atoms with Crippen LogP contribution in [0.2, 0.25) is 0 Å². The molecule has 0 bridgehead atoms. The predicted molar refractivity (Wildman–Crippen MR) is 127 cm³/mol. The average molecular weight is 486 g/mol. The Kier molecular flexibility index (Phi) is 6.42. The standard InChI is InChI=1S/C24H26F3N7O/c1-17-15-18(4-6-28-17)20-16-21(31-23(30-20)34-11-13-35-14-12-34)32-7-9-33(10-8-32)22-19(24(25,26)27)3-2-5-29-22/h2-6,15-16H,7-14H2,1H3. The van der Waals surface area contributed by atoms with E-state index in [4.69, 9.17) is 14.7 Å². The number of ether oxygens (including phenoxy) is 1. The summed E-state index contributed by atoms with van der Waals surface area (Å²) in [5.74, 6) is 1.36. The number of aromatic nitrogens is 4. The molecule has 0 radical (unpaired) electrons. The minimum Gasteiger partial charge on any atom is -0.378 e. The first-order valence-corrected chi connectivity index (χ1v) is 11.6. The van der Waals surface area contributed by atoms with Crippen LogP contribution < -0.4 is 14.7 Å². The van der Waals surface area contributed by atoms with Crippen LogP contribution in [0.5, 0.6) is 0 Å². The summed E-state index contributed by atoms with van der Waals surface area (Å²) in [5, 5.41) is 0. The van der Waals surface area contributed by atoms with Crippen molar-refractivity contribution >= 4 is 17.6 Å². The van der Waals surface area contributed by atoms with E-state index in [1.807, 2.05) is 25.1 Å². The van der Waals surface area contributed by atoms with Crippen molar-refractivity contribution in [2.24, 2.45) is 0 Å². The largest absolute Gasteiger partial charge is 0.419 e. The summed E-state index contributed by atoms with van der Waals surface area (Å²) in [4.78, 5) is 23.9. The quantitative estimate of drug-likeness (QED) is 0.557. The second-order valence-corrected chi connectivity index (χ2v) is 8.54. The van der Waals surface area contributed by atoms with E-state index in [-0.39, 0.29) is 5.82 Å². The van der Waals surface area contributed by atoms with E-state index >= 15 is 0 Å². The molecule has 2 aliphatic heterocycles. The Morgan fingerprint density at radius 1 is 0.829 bits per heavy atom. The molecule has 35 heavy (non-hydrogen) atoms. The van der Waals surface area contributed by atoms with Gasteiger partial charge in [0.15, 0.2) is 0 Å². The van der Waals surface area contributed by atoms with Gasteiger partial charge in [-0.05, 0) is 31.2 Å². The highest BCUT2D eigenvalue weighted by Crippen LogP contribution is 2.35. The van der Waals surface area contributed by atoms with Crippen molar-refractivity contribution in [2.75, 3.05) is 67.2 Å².